The lowest BCUT2D eigenvalue weighted by atomic mass is 10.2. The Morgan fingerprint density at radius 1 is 1.62 bits per heavy atom. The fourth-order valence-corrected chi connectivity index (χ4v) is 1.95. The molecular weight excluding hydrogens is 312 g/mol. The van der Waals surface area contributed by atoms with Crippen LogP contribution in [0.5, 0.6) is 0 Å². The summed E-state index contributed by atoms with van der Waals surface area (Å²) in [4.78, 5) is 3.49. The van der Waals surface area contributed by atoms with Gasteiger partial charge in [-0.15, -0.1) is 0 Å². The van der Waals surface area contributed by atoms with Crippen LogP contribution >= 0.6 is 34.2 Å². The Morgan fingerprint density at radius 3 is 2.69 bits per heavy atom. The van der Waals surface area contributed by atoms with E-state index in [9.17, 15) is 8.78 Å². The third kappa shape index (κ3) is 2.25. The highest BCUT2D eigenvalue weighted by Gasteiger charge is 2.18. The van der Waals surface area contributed by atoms with E-state index in [1.807, 2.05) is 0 Å². The highest BCUT2D eigenvalue weighted by atomic mass is 127. The number of aromatic nitrogens is 1. The lowest BCUT2D eigenvalue weighted by Gasteiger charge is -2.04. The minimum absolute atomic E-state index is 0.0466. The maximum absolute atomic E-state index is 12.4. The van der Waals surface area contributed by atoms with Crippen LogP contribution < -0.4 is 0 Å². The van der Waals surface area contributed by atoms with Crippen LogP contribution in [0.2, 0.25) is 5.15 Å². The third-order valence-corrected chi connectivity index (χ3v) is 2.39. The molecule has 0 aliphatic heterocycles. The molecule has 1 aromatic rings. The Labute approximate surface area is 91.7 Å². The van der Waals surface area contributed by atoms with Crippen molar-refractivity contribution in [1.82, 2.24) is 4.98 Å². The number of hydrogen-bond acceptors (Lipinski definition) is 2. The summed E-state index contributed by atoms with van der Waals surface area (Å²) >= 11 is 7.19. The first-order valence-corrected chi connectivity index (χ1v) is 4.56. The van der Waals surface area contributed by atoms with Crippen molar-refractivity contribution in [2.45, 2.75) is 6.43 Å². The number of pyridine rings is 1. The van der Waals surface area contributed by atoms with Crippen molar-refractivity contribution in [2.75, 3.05) is 0 Å². The standard InChI is InChI=1S/C7H2ClF2IN2/c8-5-1-3(11)6(7(9)10)4(2-12)13-5/h1,7H. The smallest absolute Gasteiger partial charge is 0.225 e. The monoisotopic (exact) mass is 314 g/mol. The molecular formula is C7H2ClF2IN2. The molecule has 6 heteroatoms. The number of nitriles is 1. The molecule has 68 valence electrons. The highest BCUT2D eigenvalue weighted by Crippen LogP contribution is 2.28. The van der Waals surface area contributed by atoms with Gasteiger partial charge in [0.15, 0.2) is 5.69 Å². The van der Waals surface area contributed by atoms with E-state index in [1.165, 1.54) is 6.07 Å². The topological polar surface area (TPSA) is 36.7 Å². The lowest BCUT2D eigenvalue weighted by Crippen LogP contribution is -1.98. The second kappa shape index (κ2) is 4.15. The zero-order valence-corrected chi connectivity index (χ0v) is 8.97. The second-order valence-corrected chi connectivity index (χ2v) is 3.65. The molecule has 0 aliphatic carbocycles. The molecule has 1 heterocycles. The molecule has 1 rings (SSSR count). The minimum atomic E-state index is -2.70. The van der Waals surface area contributed by atoms with Gasteiger partial charge in [-0.1, -0.05) is 11.6 Å². The maximum Gasteiger partial charge on any atom is 0.267 e. The van der Waals surface area contributed by atoms with E-state index in [0.717, 1.165) is 0 Å². The Hall–Kier alpha value is -0.480. The number of rotatable bonds is 1. The highest BCUT2D eigenvalue weighted by molar-refractivity contribution is 14.1. The molecule has 0 saturated carbocycles. The van der Waals surface area contributed by atoms with E-state index >= 15 is 0 Å². The van der Waals surface area contributed by atoms with Gasteiger partial charge in [-0.2, -0.15) is 5.26 Å². The van der Waals surface area contributed by atoms with Gasteiger partial charge in [0.05, 0.1) is 5.56 Å². The summed E-state index contributed by atoms with van der Waals surface area (Å²) in [6.45, 7) is 0. The van der Waals surface area contributed by atoms with Gasteiger partial charge in [-0.3, -0.25) is 0 Å². The fourth-order valence-electron chi connectivity index (χ4n) is 0.788. The summed E-state index contributed by atoms with van der Waals surface area (Å²) in [6.07, 6.45) is -2.70. The van der Waals surface area contributed by atoms with E-state index in [0.29, 0.717) is 0 Å². The first-order chi connectivity index (χ1) is 6.06. The summed E-state index contributed by atoms with van der Waals surface area (Å²) < 4.78 is 25.0. The van der Waals surface area contributed by atoms with Crippen LogP contribution in [0.15, 0.2) is 6.07 Å². The summed E-state index contributed by atoms with van der Waals surface area (Å²) in [7, 11) is 0. The molecule has 0 atom stereocenters. The van der Waals surface area contributed by atoms with E-state index in [-0.39, 0.29) is 20.0 Å². The molecule has 0 radical (unpaired) electrons. The number of alkyl halides is 2. The van der Waals surface area contributed by atoms with Crippen LogP contribution in [0.1, 0.15) is 17.7 Å². The summed E-state index contributed by atoms with van der Waals surface area (Å²) in [5.41, 5.74) is -0.667. The van der Waals surface area contributed by atoms with Gasteiger partial charge in [0, 0.05) is 3.57 Å². The van der Waals surface area contributed by atoms with Crippen LogP contribution in [-0.4, -0.2) is 4.98 Å². The van der Waals surface area contributed by atoms with Crippen molar-refractivity contribution >= 4 is 34.2 Å². The Balaban J connectivity index is 3.41. The molecule has 0 amide bonds. The number of nitrogens with zero attached hydrogens (tertiary/aromatic N) is 2. The number of hydrogen-bond donors (Lipinski definition) is 0. The van der Waals surface area contributed by atoms with Crippen molar-refractivity contribution in [3.8, 4) is 6.07 Å². The van der Waals surface area contributed by atoms with Crippen molar-refractivity contribution in [2.24, 2.45) is 0 Å². The van der Waals surface area contributed by atoms with Gasteiger partial charge >= 0.3 is 0 Å². The zero-order valence-electron chi connectivity index (χ0n) is 6.06. The lowest BCUT2D eigenvalue weighted by molar-refractivity contribution is 0.149. The van der Waals surface area contributed by atoms with Crippen LogP contribution in [0.3, 0.4) is 0 Å². The van der Waals surface area contributed by atoms with Gasteiger partial charge in [0.1, 0.15) is 11.2 Å². The van der Waals surface area contributed by atoms with E-state index < -0.39 is 6.43 Å². The molecule has 0 spiro atoms. The first-order valence-electron chi connectivity index (χ1n) is 3.10. The van der Waals surface area contributed by atoms with E-state index in [2.05, 4.69) is 4.98 Å². The Bertz CT molecular complexity index is 375. The van der Waals surface area contributed by atoms with Crippen LogP contribution in [0.25, 0.3) is 0 Å². The second-order valence-electron chi connectivity index (χ2n) is 2.10. The van der Waals surface area contributed by atoms with Crippen molar-refractivity contribution in [3.05, 3.63) is 26.0 Å². The largest absolute Gasteiger partial charge is 0.267 e. The molecule has 0 bridgehead atoms. The minimum Gasteiger partial charge on any atom is -0.225 e. The van der Waals surface area contributed by atoms with Gasteiger partial charge in [-0.25, -0.2) is 13.8 Å². The van der Waals surface area contributed by atoms with Gasteiger partial charge in [0.25, 0.3) is 6.43 Å². The summed E-state index contributed by atoms with van der Waals surface area (Å²) in [5, 5.41) is 8.56. The van der Waals surface area contributed by atoms with Crippen molar-refractivity contribution < 1.29 is 8.78 Å². The normalized spacial score (nSPS) is 10.2. The third-order valence-electron chi connectivity index (χ3n) is 1.30. The van der Waals surface area contributed by atoms with Crippen molar-refractivity contribution in [3.63, 3.8) is 0 Å². The number of halogens is 4. The maximum atomic E-state index is 12.4. The molecule has 0 unspecified atom stereocenters. The Morgan fingerprint density at radius 2 is 2.23 bits per heavy atom. The van der Waals surface area contributed by atoms with Crippen LogP contribution in [0.4, 0.5) is 8.78 Å². The molecule has 0 aliphatic rings. The average Bonchev–Trinajstić information content (AvgIpc) is 2.01. The van der Waals surface area contributed by atoms with Crippen molar-refractivity contribution in [1.29, 1.82) is 5.26 Å². The van der Waals surface area contributed by atoms with Gasteiger partial charge in [-0.05, 0) is 28.7 Å². The predicted molar refractivity (Wildman–Crippen MR) is 51.6 cm³/mol. The quantitative estimate of drug-likeness (QED) is 0.590. The Kier molecular flexibility index (Phi) is 3.39. The SMILES string of the molecule is N#Cc1nc(Cl)cc(I)c1C(F)F. The molecule has 13 heavy (non-hydrogen) atoms. The molecule has 0 N–H and O–H groups in total. The van der Waals surface area contributed by atoms with Gasteiger partial charge < -0.3 is 0 Å². The molecule has 0 fully saturated rings. The van der Waals surface area contributed by atoms with Crippen LogP contribution in [-0.2, 0) is 0 Å². The van der Waals surface area contributed by atoms with E-state index in [4.69, 9.17) is 16.9 Å². The van der Waals surface area contributed by atoms with E-state index in [1.54, 1.807) is 28.7 Å². The molecule has 2 nitrogen and oxygen atoms in total. The first kappa shape index (κ1) is 10.6. The zero-order chi connectivity index (χ0) is 10.0. The average molecular weight is 314 g/mol. The summed E-state index contributed by atoms with van der Waals surface area (Å²) in [6, 6.07) is 2.87. The van der Waals surface area contributed by atoms with Crippen LogP contribution in [0, 0.1) is 14.9 Å². The fraction of sp³-hybridized carbons (Fsp3) is 0.143. The summed E-state index contributed by atoms with van der Waals surface area (Å²) in [5.74, 6) is 0. The molecule has 0 saturated heterocycles. The van der Waals surface area contributed by atoms with Gasteiger partial charge in [0.2, 0.25) is 0 Å². The predicted octanol–water partition coefficient (Wildman–Crippen LogP) is 3.15. The molecule has 0 aromatic carbocycles. The molecule has 1 aromatic heterocycles.